The third kappa shape index (κ3) is 4.88. The van der Waals surface area contributed by atoms with Gasteiger partial charge in [0.05, 0.1) is 0 Å². The van der Waals surface area contributed by atoms with Crippen molar-refractivity contribution in [3.8, 4) is 0 Å². The second kappa shape index (κ2) is 8.83. The lowest BCUT2D eigenvalue weighted by molar-refractivity contribution is 0.152. The average molecular weight is 321 g/mol. The highest BCUT2D eigenvalue weighted by Crippen LogP contribution is 2.20. The largest absolute Gasteiger partial charge is 0.317 e. The molecule has 0 aromatic heterocycles. The van der Waals surface area contributed by atoms with E-state index in [2.05, 4.69) is 17.1 Å². The number of nitrogens with one attached hydrogen (secondary N) is 1. The highest BCUT2D eigenvalue weighted by atomic mass is 35.5. The summed E-state index contributed by atoms with van der Waals surface area (Å²) in [5.41, 5.74) is 0.708. The van der Waals surface area contributed by atoms with Crippen LogP contribution in [0.2, 0.25) is 5.02 Å². The highest BCUT2D eigenvalue weighted by Gasteiger charge is 2.21. The van der Waals surface area contributed by atoms with E-state index in [4.69, 9.17) is 11.6 Å². The van der Waals surface area contributed by atoms with E-state index in [-0.39, 0.29) is 18.2 Å². The minimum absolute atomic E-state index is 0. The molecule has 0 radical (unpaired) electrons. The quantitative estimate of drug-likeness (QED) is 0.886. The molecule has 1 aromatic rings. The molecule has 0 atom stereocenters. The van der Waals surface area contributed by atoms with Crippen molar-refractivity contribution in [2.45, 2.75) is 38.8 Å². The summed E-state index contributed by atoms with van der Waals surface area (Å²) >= 11 is 5.97. The van der Waals surface area contributed by atoms with Crippen molar-refractivity contribution in [1.29, 1.82) is 0 Å². The predicted molar refractivity (Wildman–Crippen MR) is 85.3 cm³/mol. The number of piperidine rings is 1. The summed E-state index contributed by atoms with van der Waals surface area (Å²) in [6.07, 6.45) is 3.37. The monoisotopic (exact) mass is 320 g/mol. The second-order valence-corrected chi connectivity index (χ2v) is 5.62. The van der Waals surface area contributed by atoms with E-state index < -0.39 is 0 Å². The van der Waals surface area contributed by atoms with Crippen LogP contribution in [0.15, 0.2) is 18.2 Å². The Labute approximate surface area is 132 Å². The summed E-state index contributed by atoms with van der Waals surface area (Å²) in [6.45, 7) is 5.95. The minimum atomic E-state index is -0.153. The Morgan fingerprint density at radius 3 is 2.70 bits per heavy atom. The van der Waals surface area contributed by atoms with E-state index in [0.29, 0.717) is 23.2 Å². The van der Waals surface area contributed by atoms with Crippen molar-refractivity contribution >= 4 is 24.0 Å². The van der Waals surface area contributed by atoms with Crippen LogP contribution >= 0.6 is 24.0 Å². The molecule has 1 aliphatic heterocycles. The summed E-state index contributed by atoms with van der Waals surface area (Å²) in [5.74, 6) is -0.153. The van der Waals surface area contributed by atoms with Crippen LogP contribution in [0.25, 0.3) is 0 Å². The Hall–Kier alpha value is -0.350. The Bertz CT molecular complexity index is 409. The zero-order valence-corrected chi connectivity index (χ0v) is 13.4. The Balaban J connectivity index is 0.00000200. The molecule has 0 saturated carbocycles. The summed E-state index contributed by atoms with van der Waals surface area (Å²) < 4.78 is 13.8. The van der Waals surface area contributed by atoms with Crippen molar-refractivity contribution in [2.75, 3.05) is 19.6 Å². The van der Waals surface area contributed by atoms with E-state index in [1.165, 1.54) is 6.07 Å². The number of benzene rings is 1. The lowest BCUT2D eigenvalue weighted by atomic mass is 10.0. The van der Waals surface area contributed by atoms with Gasteiger partial charge in [0.1, 0.15) is 5.82 Å². The first-order valence-electron chi connectivity index (χ1n) is 7.09. The van der Waals surface area contributed by atoms with Gasteiger partial charge in [0.15, 0.2) is 0 Å². The molecule has 1 heterocycles. The first kappa shape index (κ1) is 17.7. The molecule has 5 heteroatoms. The maximum absolute atomic E-state index is 13.8. The van der Waals surface area contributed by atoms with Crippen molar-refractivity contribution in [3.63, 3.8) is 0 Å². The lowest BCUT2D eigenvalue weighted by Crippen LogP contribution is -2.43. The van der Waals surface area contributed by atoms with E-state index >= 15 is 0 Å². The number of hydrogen-bond acceptors (Lipinski definition) is 2. The zero-order valence-electron chi connectivity index (χ0n) is 11.9. The molecule has 1 aliphatic rings. The summed E-state index contributed by atoms with van der Waals surface area (Å²) in [6, 6.07) is 5.37. The lowest BCUT2D eigenvalue weighted by Gasteiger charge is -2.34. The van der Waals surface area contributed by atoms with Crippen LogP contribution in [0, 0.1) is 5.82 Å². The molecule has 0 aliphatic carbocycles. The molecule has 2 rings (SSSR count). The van der Waals surface area contributed by atoms with Gasteiger partial charge in [-0.3, -0.25) is 4.90 Å². The molecule has 0 spiro atoms. The van der Waals surface area contributed by atoms with Crippen molar-refractivity contribution < 1.29 is 4.39 Å². The fourth-order valence-electron chi connectivity index (χ4n) is 2.73. The van der Waals surface area contributed by atoms with Gasteiger partial charge in [0.2, 0.25) is 0 Å². The number of hydrogen-bond donors (Lipinski definition) is 1. The average Bonchev–Trinajstić information content (AvgIpc) is 2.43. The predicted octanol–water partition coefficient (Wildman–Crippen LogP) is 3.86. The summed E-state index contributed by atoms with van der Waals surface area (Å²) in [5, 5.41) is 3.98. The topological polar surface area (TPSA) is 15.3 Å². The van der Waals surface area contributed by atoms with Gasteiger partial charge in [0, 0.05) is 23.2 Å². The van der Waals surface area contributed by atoms with Gasteiger partial charge in [-0.2, -0.15) is 0 Å². The third-order valence-electron chi connectivity index (χ3n) is 3.72. The van der Waals surface area contributed by atoms with Crippen LogP contribution < -0.4 is 5.32 Å². The fourth-order valence-corrected chi connectivity index (χ4v) is 2.93. The van der Waals surface area contributed by atoms with E-state index in [1.54, 1.807) is 12.1 Å². The second-order valence-electron chi connectivity index (χ2n) is 5.19. The molecule has 0 amide bonds. The van der Waals surface area contributed by atoms with Crippen molar-refractivity contribution in [3.05, 3.63) is 34.6 Å². The van der Waals surface area contributed by atoms with Gasteiger partial charge in [-0.05, 0) is 57.1 Å². The third-order valence-corrected chi connectivity index (χ3v) is 3.95. The maximum atomic E-state index is 13.8. The first-order chi connectivity index (χ1) is 9.20. The number of rotatable bonds is 5. The van der Waals surface area contributed by atoms with Crippen molar-refractivity contribution in [1.82, 2.24) is 10.2 Å². The molecule has 114 valence electrons. The van der Waals surface area contributed by atoms with Gasteiger partial charge in [-0.25, -0.2) is 4.39 Å². The molecule has 0 unspecified atom stereocenters. The molecular formula is C15H23Cl2FN2. The summed E-state index contributed by atoms with van der Waals surface area (Å²) in [4.78, 5) is 2.40. The van der Waals surface area contributed by atoms with Gasteiger partial charge >= 0.3 is 0 Å². The Morgan fingerprint density at radius 1 is 1.35 bits per heavy atom. The minimum Gasteiger partial charge on any atom is -0.317 e. The van der Waals surface area contributed by atoms with Crippen LogP contribution in [0.5, 0.6) is 0 Å². The zero-order chi connectivity index (χ0) is 13.7. The first-order valence-corrected chi connectivity index (χ1v) is 7.47. The molecule has 1 saturated heterocycles. The fraction of sp³-hybridized carbons (Fsp3) is 0.600. The maximum Gasteiger partial charge on any atom is 0.127 e. The Kier molecular flexibility index (Phi) is 7.82. The molecule has 1 aromatic carbocycles. The SMILES string of the molecule is CCCN(Cc1cc(Cl)ccc1F)C1CCNCC1.Cl. The smallest absolute Gasteiger partial charge is 0.127 e. The standard InChI is InChI=1S/C15H22ClFN2.ClH/c1-2-9-19(14-5-7-18-8-6-14)11-12-10-13(16)3-4-15(12)17;/h3-4,10,14,18H,2,5-9,11H2,1H3;1H. The van der Waals surface area contributed by atoms with Gasteiger partial charge in [0.25, 0.3) is 0 Å². The molecule has 2 nitrogen and oxygen atoms in total. The molecular weight excluding hydrogens is 298 g/mol. The molecule has 1 fully saturated rings. The van der Waals surface area contributed by atoms with Crippen LogP contribution in [0.4, 0.5) is 4.39 Å². The molecule has 20 heavy (non-hydrogen) atoms. The molecule has 0 bridgehead atoms. The van der Waals surface area contributed by atoms with Gasteiger partial charge < -0.3 is 5.32 Å². The Morgan fingerprint density at radius 2 is 2.05 bits per heavy atom. The number of nitrogens with zero attached hydrogens (tertiary/aromatic N) is 1. The van der Waals surface area contributed by atoms with Gasteiger partial charge in [-0.15, -0.1) is 12.4 Å². The van der Waals surface area contributed by atoms with E-state index in [1.807, 2.05) is 0 Å². The molecule has 1 N–H and O–H groups in total. The highest BCUT2D eigenvalue weighted by molar-refractivity contribution is 6.30. The normalized spacial score (nSPS) is 16.2. The van der Waals surface area contributed by atoms with E-state index in [0.717, 1.165) is 38.9 Å². The van der Waals surface area contributed by atoms with Crippen LogP contribution in [-0.2, 0) is 6.54 Å². The number of halogens is 3. The van der Waals surface area contributed by atoms with E-state index in [9.17, 15) is 4.39 Å². The van der Waals surface area contributed by atoms with Crippen LogP contribution in [0.1, 0.15) is 31.7 Å². The van der Waals surface area contributed by atoms with Gasteiger partial charge in [-0.1, -0.05) is 18.5 Å². The van der Waals surface area contributed by atoms with Crippen LogP contribution in [-0.4, -0.2) is 30.6 Å². The van der Waals surface area contributed by atoms with Crippen molar-refractivity contribution in [2.24, 2.45) is 0 Å². The summed E-state index contributed by atoms with van der Waals surface area (Å²) in [7, 11) is 0. The van der Waals surface area contributed by atoms with Crippen LogP contribution in [0.3, 0.4) is 0 Å².